The van der Waals surface area contributed by atoms with Crippen LogP contribution in [0.2, 0.25) is 0 Å². The monoisotopic (exact) mass is 287 g/mol. The van der Waals surface area contributed by atoms with Gasteiger partial charge in [0.25, 0.3) is 0 Å². The Hall–Kier alpha value is -2.57. The quantitative estimate of drug-likeness (QED) is 0.868. The van der Waals surface area contributed by atoms with Crippen LogP contribution < -0.4 is 20.4 Å². The van der Waals surface area contributed by atoms with Gasteiger partial charge in [0, 0.05) is 46.6 Å². The molecule has 21 heavy (non-hydrogen) atoms. The maximum atomic E-state index is 4.38. The van der Waals surface area contributed by atoms with Gasteiger partial charge >= 0.3 is 0 Å². The van der Waals surface area contributed by atoms with Crippen LogP contribution in [0.3, 0.4) is 0 Å². The molecule has 0 atom stereocenters. The Balaban J connectivity index is 2.24. The van der Waals surface area contributed by atoms with Gasteiger partial charge in [-0.1, -0.05) is 0 Å². The topological polar surface area (TPSA) is 69.2 Å². The molecule has 0 spiro atoms. The number of anilines is 5. The summed E-state index contributed by atoms with van der Waals surface area (Å²) in [6.45, 7) is 0. The van der Waals surface area contributed by atoms with Gasteiger partial charge in [-0.15, -0.1) is 0 Å². The van der Waals surface area contributed by atoms with E-state index in [0.717, 1.165) is 11.4 Å². The number of benzene rings is 1. The van der Waals surface area contributed by atoms with Gasteiger partial charge in [0.05, 0.1) is 0 Å². The second-order valence-corrected chi connectivity index (χ2v) is 4.99. The number of rotatable bonds is 5. The molecule has 2 aromatic rings. The van der Waals surface area contributed by atoms with E-state index in [9.17, 15) is 0 Å². The van der Waals surface area contributed by atoms with Crippen LogP contribution in [0.4, 0.5) is 29.2 Å². The standard InChI is InChI=1S/C14H21N7/c1-15-12-17-13(19-14(18-12)21(4)5)16-10-6-8-11(9-7-10)20(2)3/h6-9H,1-5H3,(H2,15,16,17,18,19). The first kappa shape index (κ1) is 14.8. The van der Waals surface area contributed by atoms with Crippen molar-refractivity contribution in [3.8, 4) is 0 Å². The van der Waals surface area contributed by atoms with Crippen LogP contribution in [0, 0.1) is 0 Å². The van der Waals surface area contributed by atoms with Crippen molar-refractivity contribution in [3.63, 3.8) is 0 Å². The van der Waals surface area contributed by atoms with E-state index in [1.807, 2.05) is 57.4 Å². The molecule has 1 heterocycles. The van der Waals surface area contributed by atoms with Crippen molar-refractivity contribution in [1.82, 2.24) is 15.0 Å². The van der Waals surface area contributed by atoms with Crippen LogP contribution in [-0.2, 0) is 0 Å². The van der Waals surface area contributed by atoms with E-state index < -0.39 is 0 Å². The van der Waals surface area contributed by atoms with Gasteiger partial charge in [-0.2, -0.15) is 15.0 Å². The third-order valence-corrected chi connectivity index (χ3v) is 2.89. The molecule has 0 bridgehead atoms. The highest BCUT2D eigenvalue weighted by Gasteiger charge is 2.07. The van der Waals surface area contributed by atoms with Gasteiger partial charge < -0.3 is 20.4 Å². The van der Waals surface area contributed by atoms with E-state index >= 15 is 0 Å². The number of nitrogens with one attached hydrogen (secondary N) is 2. The average molecular weight is 287 g/mol. The lowest BCUT2D eigenvalue weighted by atomic mass is 10.2. The lowest BCUT2D eigenvalue weighted by molar-refractivity contribution is 0.963. The van der Waals surface area contributed by atoms with Gasteiger partial charge in [0.15, 0.2) is 0 Å². The van der Waals surface area contributed by atoms with E-state index in [-0.39, 0.29) is 0 Å². The van der Waals surface area contributed by atoms with Crippen LogP contribution in [0.1, 0.15) is 0 Å². The summed E-state index contributed by atoms with van der Waals surface area (Å²) in [5.41, 5.74) is 2.07. The van der Waals surface area contributed by atoms with Gasteiger partial charge in [-0.05, 0) is 24.3 Å². The molecular weight excluding hydrogens is 266 g/mol. The predicted molar refractivity (Wildman–Crippen MR) is 87.8 cm³/mol. The van der Waals surface area contributed by atoms with Gasteiger partial charge in [0.1, 0.15) is 0 Å². The fourth-order valence-electron chi connectivity index (χ4n) is 1.70. The van der Waals surface area contributed by atoms with Crippen LogP contribution in [-0.4, -0.2) is 50.2 Å². The normalized spacial score (nSPS) is 10.1. The molecule has 0 radical (unpaired) electrons. The Morgan fingerprint density at radius 3 is 1.95 bits per heavy atom. The summed E-state index contributed by atoms with van der Waals surface area (Å²) in [5, 5.41) is 6.13. The van der Waals surface area contributed by atoms with Crippen molar-refractivity contribution < 1.29 is 0 Å². The fourth-order valence-corrected chi connectivity index (χ4v) is 1.70. The maximum absolute atomic E-state index is 4.38. The molecule has 7 nitrogen and oxygen atoms in total. The molecule has 0 unspecified atom stereocenters. The first-order valence-corrected chi connectivity index (χ1v) is 6.65. The minimum absolute atomic E-state index is 0.510. The molecule has 0 saturated carbocycles. The third-order valence-electron chi connectivity index (χ3n) is 2.89. The second kappa shape index (κ2) is 6.25. The van der Waals surface area contributed by atoms with E-state index in [1.165, 1.54) is 0 Å². The van der Waals surface area contributed by atoms with Crippen molar-refractivity contribution in [2.24, 2.45) is 0 Å². The molecular formula is C14H21N7. The Bertz CT molecular complexity index is 593. The molecule has 0 aliphatic carbocycles. The van der Waals surface area contributed by atoms with Crippen LogP contribution in [0.25, 0.3) is 0 Å². The summed E-state index contributed by atoms with van der Waals surface area (Å²) < 4.78 is 0. The lowest BCUT2D eigenvalue weighted by Crippen LogP contribution is -2.15. The molecule has 2 rings (SSSR count). The summed E-state index contributed by atoms with van der Waals surface area (Å²) in [5.74, 6) is 1.64. The zero-order valence-electron chi connectivity index (χ0n) is 13.0. The first-order valence-electron chi connectivity index (χ1n) is 6.65. The summed E-state index contributed by atoms with van der Waals surface area (Å²) in [7, 11) is 9.59. The molecule has 0 amide bonds. The van der Waals surface area contributed by atoms with E-state index in [0.29, 0.717) is 17.8 Å². The van der Waals surface area contributed by atoms with Crippen molar-refractivity contribution >= 4 is 29.2 Å². The fraction of sp³-hybridized carbons (Fsp3) is 0.357. The number of hydrogen-bond acceptors (Lipinski definition) is 7. The van der Waals surface area contributed by atoms with E-state index in [4.69, 9.17) is 0 Å². The van der Waals surface area contributed by atoms with Crippen molar-refractivity contribution in [2.75, 3.05) is 55.7 Å². The largest absolute Gasteiger partial charge is 0.378 e. The average Bonchev–Trinajstić information content (AvgIpc) is 2.47. The minimum atomic E-state index is 0.510. The van der Waals surface area contributed by atoms with Crippen molar-refractivity contribution in [3.05, 3.63) is 24.3 Å². The Morgan fingerprint density at radius 1 is 0.810 bits per heavy atom. The molecule has 112 valence electrons. The Kier molecular flexibility index (Phi) is 4.42. The molecule has 0 saturated heterocycles. The van der Waals surface area contributed by atoms with Crippen LogP contribution >= 0.6 is 0 Å². The Morgan fingerprint density at radius 2 is 1.43 bits per heavy atom. The molecule has 0 fully saturated rings. The van der Waals surface area contributed by atoms with E-state index in [2.05, 4.69) is 30.5 Å². The van der Waals surface area contributed by atoms with Crippen molar-refractivity contribution in [1.29, 1.82) is 0 Å². The molecule has 1 aromatic heterocycles. The van der Waals surface area contributed by atoms with E-state index in [1.54, 1.807) is 7.05 Å². The first-order chi connectivity index (χ1) is 9.99. The molecule has 2 N–H and O–H groups in total. The maximum Gasteiger partial charge on any atom is 0.233 e. The highest BCUT2D eigenvalue weighted by molar-refractivity contribution is 5.60. The Labute approximate surface area is 125 Å². The number of nitrogens with zero attached hydrogens (tertiary/aromatic N) is 5. The van der Waals surface area contributed by atoms with Crippen LogP contribution in [0.5, 0.6) is 0 Å². The molecule has 0 aliphatic rings. The lowest BCUT2D eigenvalue weighted by Gasteiger charge is -2.14. The zero-order valence-corrected chi connectivity index (χ0v) is 13.0. The predicted octanol–water partition coefficient (Wildman–Crippen LogP) is 1.79. The third kappa shape index (κ3) is 3.71. The van der Waals surface area contributed by atoms with Gasteiger partial charge in [0.2, 0.25) is 17.8 Å². The van der Waals surface area contributed by atoms with Gasteiger partial charge in [-0.3, -0.25) is 0 Å². The molecule has 0 aliphatic heterocycles. The summed E-state index contributed by atoms with van der Waals surface area (Å²) in [6, 6.07) is 8.06. The smallest absolute Gasteiger partial charge is 0.233 e. The minimum Gasteiger partial charge on any atom is -0.378 e. The molecule has 1 aromatic carbocycles. The molecule has 7 heteroatoms. The highest BCUT2D eigenvalue weighted by Crippen LogP contribution is 2.19. The summed E-state index contributed by atoms with van der Waals surface area (Å²) >= 11 is 0. The van der Waals surface area contributed by atoms with Gasteiger partial charge in [-0.25, -0.2) is 0 Å². The van der Waals surface area contributed by atoms with Crippen LogP contribution in [0.15, 0.2) is 24.3 Å². The zero-order chi connectivity index (χ0) is 15.4. The van der Waals surface area contributed by atoms with Crippen molar-refractivity contribution in [2.45, 2.75) is 0 Å². The summed E-state index contributed by atoms with van der Waals surface area (Å²) in [4.78, 5) is 16.8. The number of aromatic nitrogens is 3. The second-order valence-electron chi connectivity index (χ2n) is 4.99. The summed E-state index contributed by atoms with van der Waals surface area (Å²) in [6.07, 6.45) is 0. The SMILES string of the molecule is CNc1nc(Nc2ccc(N(C)C)cc2)nc(N(C)C)n1. The number of hydrogen-bond donors (Lipinski definition) is 2. The highest BCUT2D eigenvalue weighted by atomic mass is 15.3.